The van der Waals surface area contributed by atoms with Crippen molar-refractivity contribution in [3.05, 3.63) is 77.9 Å². The molecule has 3 aromatic carbocycles. The molecule has 4 rings (SSSR count). The smallest absolute Gasteiger partial charge is 0.323 e. The van der Waals surface area contributed by atoms with E-state index in [0.29, 0.717) is 35.0 Å². The van der Waals surface area contributed by atoms with E-state index in [1.807, 2.05) is 55.5 Å². The Morgan fingerprint density at radius 1 is 0.906 bits per heavy atom. The van der Waals surface area contributed by atoms with Crippen molar-refractivity contribution in [1.29, 1.82) is 0 Å². The van der Waals surface area contributed by atoms with Gasteiger partial charge in [0.15, 0.2) is 5.75 Å². The minimum Gasteiger partial charge on any atom is -0.454 e. The first-order chi connectivity index (χ1) is 15.3. The van der Waals surface area contributed by atoms with Crippen LogP contribution in [0.25, 0.3) is 0 Å². The van der Waals surface area contributed by atoms with Crippen LogP contribution in [0.2, 0.25) is 0 Å². The van der Waals surface area contributed by atoms with E-state index < -0.39 is 0 Å². The van der Waals surface area contributed by atoms with Crippen LogP contribution in [0.4, 0.5) is 21.9 Å². The molecular weight excluding hydrogens is 402 g/mol. The molecule has 0 atom stereocenters. The summed E-state index contributed by atoms with van der Waals surface area (Å²) in [5.74, 6) is 0.912. The van der Waals surface area contributed by atoms with Crippen LogP contribution in [-0.2, 0) is 5.41 Å². The van der Waals surface area contributed by atoms with Crippen molar-refractivity contribution in [2.75, 3.05) is 22.1 Å². The summed E-state index contributed by atoms with van der Waals surface area (Å²) in [6, 6.07) is 19.9. The summed E-state index contributed by atoms with van der Waals surface area (Å²) in [7, 11) is 0. The van der Waals surface area contributed by atoms with Crippen LogP contribution < -0.4 is 20.3 Å². The molecule has 2 N–H and O–H groups in total. The topological polar surface area (TPSA) is 70.7 Å². The molecule has 32 heavy (non-hydrogen) atoms. The van der Waals surface area contributed by atoms with Crippen molar-refractivity contribution in [3.8, 4) is 11.5 Å². The van der Waals surface area contributed by atoms with Gasteiger partial charge in [-0.3, -0.25) is 4.79 Å². The standard InChI is InChI=1S/C26H27N3O3/c1-5-29-21-8-6-7-9-23(21)32-22-15-14-19(16-20(22)24(29)30)28-25(31)27-18-12-10-17(11-13-18)26(2,3)4/h6-16H,5H2,1-4H3,(H2,27,28,31). The van der Waals surface area contributed by atoms with E-state index in [1.54, 1.807) is 23.1 Å². The zero-order valence-corrected chi connectivity index (χ0v) is 18.7. The highest BCUT2D eigenvalue weighted by Gasteiger charge is 2.27. The second-order valence-corrected chi connectivity index (χ2v) is 8.74. The van der Waals surface area contributed by atoms with Gasteiger partial charge in [-0.15, -0.1) is 0 Å². The monoisotopic (exact) mass is 429 g/mol. The maximum absolute atomic E-state index is 13.2. The van der Waals surface area contributed by atoms with E-state index in [-0.39, 0.29) is 17.4 Å². The molecule has 164 valence electrons. The Hall–Kier alpha value is -3.80. The third-order valence-corrected chi connectivity index (χ3v) is 5.41. The summed E-state index contributed by atoms with van der Waals surface area (Å²) in [5, 5.41) is 5.63. The summed E-state index contributed by atoms with van der Waals surface area (Å²) in [6.45, 7) is 8.85. The van der Waals surface area contributed by atoms with Crippen LogP contribution in [0, 0.1) is 0 Å². The number of benzene rings is 3. The summed E-state index contributed by atoms with van der Waals surface area (Å²) in [4.78, 5) is 27.4. The molecule has 0 aromatic heterocycles. The molecule has 3 amide bonds. The Kier molecular flexibility index (Phi) is 5.61. The van der Waals surface area contributed by atoms with Crippen LogP contribution in [-0.4, -0.2) is 18.5 Å². The van der Waals surface area contributed by atoms with Crippen molar-refractivity contribution >= 4 is 29.0 Å². The number of hydrogen-bond donors (Lipinski definition) is 2. The van der Waals surface area contributed by atoms with E-state index in [1.165, 1.54) is 5.56 Å². The molecule has 0 fully saturated rings. The molecule has 0 bridgehead atoms. The molecular formula is C26H27N3O3. The number of amides is 3. The Balaban J connectivity index is 1.53. The second-order valence-electron chi connectivity index (χ2n) is 8.74. The zero-order valence-electron chi connectivity index (χ0n) is 18.7. The molecule has 6 heteroatoms. The maximum Gasteiger partial charge on any atom is 0.323 e. The number of para-hydroxylation sites is 2. The van der Waals surface area contributed by atoms with Gasteiger partial charge in [-0.25, -0.2) is 4.79 Å². The lowest BCUT2D eigenvalue weighted by atomic mass is 9.87. The zero-order chi connectivity index (χ0) is 22.9. The number of hydrogen-bond acceptors (Lipinski definition) is 3. The first-order valence-corrected chi connectivity index (χ1v) is 10.7. The SMILES string of the molecule is CCN1C(=O)c2cc(NC(=O)Nc3ccc(C(C)(C)C)cc3)ccc2Oc2ccccc21. The Bertz CT molecular complexity index is 1160. The number of rotatable bonds is 3. The number of anilines is 3. The number of carbonyl (C=O) groups is 2. The highest BCUT2D eigenvalue weighted by atomic mass is 16.5. The summed E-state index contributed by atoms with van der Waals surface area (Å²) in [6.07, 6.45) is 0. The molecule has 0 aliphatic carbocycles. The minimum atomic E-state index is -0.383. The highest BCUT2D eigenvalue weighted by molar-refractivity contribution is 6.10. The summed E-state index contributed by atoms with van der Waals surface area (Å²) >= 11 is 0. The van der Waals surface area contributed by atoms with Gasteiger partial charge in [0.2, 0.25) is 0 Å². The number of nitrogens with zero attached hydrogens (tertiary/aromatic N) is 1. The fraction of sp³-hybridized carbons (Fsp3) is 0.231. The fourth-order valence-electron chi connectivity index (χ4n) is 3.66. The van der Waals surface area contributed by atoms with Crippen LogP contribution in [0.1, 0.15) is 43.6 Å². The van der Waals surface area contributed by atoms with Crippen molar-refractivity contribution in [2.45, 2.75) is 33.1 Å². The third-order valence-electron chi connectivity index (χ3n) is 5.41. The molecule has 0 saturated carbocycles. The second kappa shape index (κ2) is 8.38. The largest absolute Gasteiger partial charge is 0.454 e. The Morgan fingerprint density at radius 3 is 2.25 bits per heavy atom. The van der Waals surface area contributed by atoms with Gasteiger partial charge in [-0.05, 0) is 60.4 Å². The van der Waals surface area contributed by atoms with Crippen molar-refractivity contribution in [1.82, 2.24) is 0 Å². The van der Waals surface area contributed by atoms with Gasteiger partial charge in [0.1, 0.15) is 5.75 Å². The first kappa shape index (κ1) is 21.4. The molecule has 0 saturated heterocycles. The molecule has 3 aromatic rings. The van der Waals surface area contributed by atoms with Crippen LogP contribution >= 0.6 is 0 Å². The lowest BCUT2D eigenvalue weighted by Crippen LogP contribution is -2.30. The summed E-state index contributed by atoms with van der Waals surface area (Å²) < 4.78 is 6.01. The van der Waals surface area contributed by atoms with E-state index in [2.05, 4.69) is 31.4 Å². The fourth-order valence-corrected chi connectivity index (χ4v) is 3.66. The van der Waals surface area contributed by atoms with Gasteiger partial charge < -0.3 is 20.3 Å². The molecule has 0 radical (unpaired) electrons. The highest BCUT2D eigenvalue weighted by Crippen LogP contribution is 2.39. The number of urea groups is 1. The number of fused-ring (bicyclic) bond motifs is 2. The number of ether oxygens (including phenoxy) is 1. The first-order valence-electron chi connectivity index (χ1n) is 10.7. The molecule has 1 aliphatic rings. The van der Waals surface area contributed by atoms with Crippen LogP contribution in [0.5, 0.6) is 11.5 Å². The van der Waals surface area contributed by atoms with Gasteiger partial charge in [0.25, 0.3) is 5.91 Å². The normalized spacial score (nSPS) is 12.9. The van der Waals surface area contributed by atoms with E-state index in [9.17, 15) is 9.59 Å². The predicted molar refractivity (Wildman–Crippen MR) is 128 cm³/mol. The maximum atomic E-state index is 13.2. The quantitative estimate of drug-likeness (QED) is 0.506. The van der Waals surface area contributed by atoms with E-state index in [0.717, 1.165) is 5.69 Å². The van der Waals surface area contributed by atoms with E-state index >= 15 is 0 Å². The lowest BCUT2D eigenvalue weighted by Gasteiger charge is -2.20. The summed E-state index contributed by atoms with van der Waals surface area (Å²) in [5.41, 5.74) is 3.55. The Morgan fingerprint density at radius 2 is 1.56 bits per heavy atom. The van der Waals surface area contributed by atoms with E-state index in [4.69, 9.17) is 4.74 Å². The molecule has 1 heterocycles. The van der Waals surface area contributed by atoms with Crippen LogP contribution in [0.15, 0.2) is 66.7 Å². The van der Waals surface area contributed by atoms with Gasteiger partial charge >= 0.3 is 6.03 Å². The van der Waals surface area contributed by atoms with Crippen molar-refractivity contribution < 1.29 is 14.3 Å². The molecule has 1 aliphatic heterocycles. The van der Waals surface area contributed by atoms with Gasteiger partial charge in [0, 0.05) is 17.9 Å². The molecule has 6 nitrogen and oxygen atoms in total. The average Bonchev–Trinajstić information content (AvgIpc) is 2.87. The van der Waals surface area contributed by atoms with Crippen molar-refractivity contribution in [3.63, 3.8) is 0 Å². The van der Waals surface area contributed by atoms with Gasteiger partial charge in [-0.2, -0.15) is 0 Å². The van der Waals surface area contributed by atoms with Gasteiger partial charge in [-0.1, -0.05) is 45.0 Å². The van der Waals surface area contributed by atoms with Gasteiger partial charge in [0.05, 0.1) is 11.3 Å². The molecule has 0 spiro atoms. The average molecular weight is 430 g/mol. The third kappa shape index (κ3) is 4.30. The predicted octanol–water partition coefficient (Wildman–Crippen LogP) is 6.40. The number of nitrogens with one attached hydrogen (secondary N) is 2. The van der Waals surface area contributed by atoms with Crippen LogP contribution in [0.3, 0.4) is 0 Å². The Labute approximate surface area is 188 Å². The molecule has 0 unspecified atom stereocenters. The number of carbonyl (C=O) groups excluding carboxylic acids is 2. The lowest BCUT2D eigenvalue weighted by molar-refractivity contribution is 0.0988. The minimum absolute atomic E-state index is 0.0449. The van der Waals surface area contributed by atoms with Crippen molar-refractivity contribution in [2.24, 2.45) is 0 Å².